The second kappa shape index (κ2) is 8.20. The number of hydrogen-bond donors (Lipinski definition) is 0. The van der Waals surface area contributed by atoms with Crippen molar-refractivity contribution in [3.05, 3.63) is 69.4 Å². The normalized spacial score (nSPS) is 10.8. The molecule has 0 aliphatic rings. The highest BCUT2D eigenvalue weighted by molar-refractivity contribution is 7.30. The van der Waals surface area contributed by atoms with Crippen LogP contribution in [0.4, 0.5) is 0 Å². The molecule has 150 valence electrons. The predicted octanol–water partition coefficient (Wildman–Crippen LogP) is 9.02. The third-order valence-corrected chi connectivity index (χ3v) is 10.9. The van der Waals surface area contributed by atoms with Gasteiger partial charge in [-0.15, -0.1) is 56.7 Å². The predicted molar refractivity (Wildman–Crippen MR) is 136 cm³/mol. The summed E-state index contributed by atoms with van der Waals surface area (Å²) in [6, 6.07) is 21.5. The Bertz CT molecular complexity index is 1380. The summed E-state index contributed by atoms with van der Waals surface area (Å²) in [4.78, 5) is 11.3. The zero-order chi connectivity index (χ0) is 21.5. The Morgan fingerprint density at radius 3 is 1.19 bits per heavy atom. The quantitative estimate of drug-likeness (QED) is 0.252. The zero-order valence-electron chi connectivity index (χ0n) is 16.6. The molecule has 5 aromatic rings. The first-order valence-electron chi connectivity index (χ1n) is 9.38. The number of rotatable bonds is 4. The fourth-order valence-electron chi connectivity index (χ4n) is 3.31. The van der Waals surface area contributed by atoms with Gasteiger partial charge < -0.3 is 0 Å². The van der Waals surface area contributed by atoms with Crippen molar-refractivity contribution in [2.75, 3.05) is 0 Å². The lowest BCUT2D eigenvalue weighted by atomic mass is 10.1. The van der Waals surface area contributed by atoms with Gasteiger partial charge in [-0.3, -0.25) is 0 Å². The van der Waals surface area contributed by atoms with Gasteiger partial charge in [0.05, 0.1) is 20.9 Å². The fourth-order valence-corrected chi connectivity index (χ4v) is 8.67. The summed E-state index contributed by atoms with van der Waals surface area (Å²) in [6.07, 6.45) is 0. The largest absolute Gasteiger partial charge is 0.192 e. The summed E-state index contributed by atoms with van der Waals surface area (Å²) in [6.45, 7) is 4.21. The van der Waals surface area contributed by atoms with Crippen LogP contribution in [0.5, 0.6) is 0 Å². The highest BCUT2D eigenvalue weighted by Crippen LogP contribution is 2.48. The summed E-state index contributed by atoms with van der Waals surface area (Å²) in [5.74, 6) is 0. The van der Waals surface area contributed by atoms with Crippen LogP contribution in [-0.4, -0.2) is 0 Å². The molecule has 31 heavy (non-hydrogen) atoms. The van der Waals surface area contributed by atoms with Crippen LogP contribution in [0, 0.1) is 36.5 Å². The molecule has 0 bridgehead atoms. The van der Waals surface area contributed by atoms with Gasteiger partial charge in [-0.05, 0) is 62.4 Å². The van der Waals surface area contributed by atoms with Crippen LogP contribution in [0.1, 0.15) is 20.9 Å². The maximum absolute atomic E-state index is 9.88. The van der Waals surface area contributed by atoms with Crippen molar-refractivity contribution in [3.8, 4) is 51.2 Å². The topological polar surface area (TPSA) is 47.6 Å². The molecule has 0 aliphatic carbocycles. The van der Waals surface area contributed by atoms with E-state index in [0.717, 1.165) is 19.5 Å². The molecule has 0 saturated heterocycles. The molecule has 5 rings (SSSR count). The molecule has 0 amide bonds. The maximum Gasteiger partial charge on any atom is 0.102 e. The second-order valence-electron chi connectivity index (χ2n) is 6.88. The summed E-state index contributed by atoms with van der Waals surface area (Å²) in [5, 5.41) is 19.8. The molecular formula is C24H14N2S5. The average molecular weight is 491 g/mol. The van der Waals surface area contributed by atoms with Crippen LogP contribution in [0.2, 0.25) is 0 Å². The first-order chi connectivity index (χ1) is 15.1. The molecule has 7 heteroatoms. The Labute approximate surface area is 200 Å². The number of nitrogens with zero attached hydrogens (tertiary/aromatic N) is 2. The van der Waals surface area contributed by atoms with Crippen molar-refractivity contribution in [1.29, 1.82) is 10.5 Å². The van der Waals surface area contributed by atoms with Gasteiger partial charge in [0.1, 0.15) is 12.1 Å². The monoisotopic (exact) mass is 490 g/mol. The smallest absolute Gasteiger partial charge is 0.102 e. The standard InChI is InChI=1S/C24H14N2S5/c1-13-3-5-17(27-13)19-7-9-21(29-19)23-15(11-25)16(12-26)24(31-23)22-10-8-20(30-22)18-6-4-14(2)28-18/h3-10H,1-2H3. The van der Waals surface area contributed by atoms with Crippen molar-refractivity contribution >= 4 is 56.7 Å². The van der Waals surface area contributed by atoms with Gasteiger partial charge in [0.15, 0.2) is 0 Å². The molecule has 2 nitrogen and oxygen atoms in total. The number of aryl methyl sites for hydroxylation is 2. The molecule has 0 unspecified atom stereocenters. The first-order valence-corrected chi connectivity index (χ1v) is 13.5. The Balaban J connectivity index is 1.59. The van der Waals surface area contributed by atoms with Crippen LogP contribution in [0.15, 0.2) is 48.5 Å². The van der Waals surface area contributed by atoms with E-state index in [1.165, 1.54) is 29.3 Å². The van der Waals surface area contributed by atoms with E-state index >= 15 is 0 Å². The second-order valence-corrected chi connectivity index (χ2v) is 12.6. The molecule has 0 aliphatic heterocycles. The van der Waals surface area contributed by atoms with Gasteiger partial charge in [-0.2, -0.15) is 10.5 Å². The average Bonchev–Trinajstić information content (AvgIpc) is 3.55. The summed E-state index contributed by atoms with van der Waals surface area (Å²) in [5.41, 5.74) is 0.973. The lowest BCUT2D eigenvalue weighted by molar-refractivity contribution is 1.47. The Morgan fingerprint density at radius 1 is 0.484 bits per heavy atom. The fraction of sp³-hybridized carbons (Fsp3) is 0.0833. The molecule has 0 fully saturated rings. The molecule has 0 atom stereocenters. The molecule has 0 aromatic carbocycles. The maximum atomic E-state index is 9.88. The molecule has 0 saturated carbocycles. The van der Waals surface area contributed by atoms with Crippen LogP contribution in [-0.2, 0) is 0 Å². The van der Waals surface area contributed by atoms with E-state index in [-0.39, 0.29) is 0 Å². The molecule has 0 spiro atoms. The number of nitriles is 2. The molecule has 5 aromatic heterocycles. The highest BCUT2D eigenvalue weighted by Gasteiger charge is 2.23. The Morgan fingerprint density at radius 2 is 0.839 bits per heavy atom. The van der Waals surface area contributed by atoms with E-state index in [1.54, 1.807) is 56.7 Å². The third kappa shape index (κ3) is 3.70. The van der Waals surface area contributed by atoms with Gasteiger partial charge in [0, 0.05) is 39.0 Å². The lowest BCUT2D eigenvalue weighted by Gasteiger charge is -1.93. The third-order valence-electron chi connectivity index (χ3n) is 4.76. The van der Waals surface area contributed by atoms with Crippen LogP contribution in [0.25, 0.3) is 39.0 Å². The van der Waals surface area contributed by atoms with E-state index in [9.17, 15) is 10.5 Å². The van der Waals surface area contributed by atoms with Crippen LogP contribution < -0.4 is 0 Å². The van der Waals surface area contributed by atoms with Crippen molar-refractivity contribution < 1.29 is 0 Å². The summed E-state index contributed by atoms with van der Waals surface area (Å²) >= 11 is 8.45. The summed E-state index contributed by atoms with van der Waals surface area (Å²) < 4.78 is 0. The lowest BCUT2D eigenvalue weighted by Crippen LogP contribution is -1.80. The molecule has 0 radical (unpaired) electrons. The van der Waals surface area contributed by atoms with E-state index in [4.69, 9.17) is 0 Å². The van der Waals surface area contributed by atoms with Crippen LogP contribution >= 0.6 is 56.7 Å². The van der Waals surface area contributed by atoms with Crippen molar-refractivity contribution in [2.24, 2.45) is 0 Å². The SMILES string of the molecule is Cc1ccc(-c2ccc(-c3sc(-c4ccc(-c5ccc(C)s5)s4)c(C#N)c3C#N)s2)s1. The minimum absolute atomic E-state index is 0.486. The van der Waals surface area contributed by atoms with Crippen LogP contribution in [0.3, 0.4) is 0 Å². The highest BCUT2D eigenvalue weighted by atomic mass is 32.1. The van der Waals surface area contributed by atoms with Crippen molar-refractivity contribution in [2.45, 2.75) is 13.8 Å². The van der Waals surface area contributed by atoms with Crippen molar-refractivity contribution in [1.82, 2.24) is 0 Å². The van der Waals surface area contributed by atoms with Crippen molar-refractivity contribution in [3.63, 3.8) is 0 Å². The van der Waals surface area contributed by atoms with Gasteiger partial charge in [0.25, 0.3) is 0 Å². The number of hydrogen-bond acceptors (Lipinski definition) is 7. The van der Waals surface area contributed by atoms with E-state index in [0.29, 0.717) is 11.1 Å². The Hall–Kier alpha value is -2.52. The van der Waals surface area contributed by atoms with Gasteiger partial charge in [-0.25, -0.2) is 0 Å². The van der Waals surface area contributed by atoms with E-state index in [2.05, 4.69) is 74.5 Å². The van der Waals surface area contributed by atoms with E-state index < -0.39 is 0 Å². The summed E-state index contributed by atoms with van der Waals surface area (Å²) in [7, 11) is 0. The minimum Gasteiger partial charge on any atom is -0.192 e. The Kier molecular flexibility index (Phi) is 5.39. The molecule has 5 heterocycles. The minimum atomic E-state index is 0.486. The van der Waals surface area contributed by atoms with Gasteiger partial charge in [0.2, 0.25) is 0 Å². The van der Waals surface area contributed by atoms with E-state index in [1.807, 2.05) is 0 Å². The first kappa shape index (κ1) is 20.4. The van der Waals surface area contributed by atoms with Gasteiger partial charge >= 0.3 is 0 Å². The molecular weight excluding hydrogens is 477 g/mol. The molecule has 0 N–H and O–H groups in total. The number of thiophene rings is 5. The zero-order valence-corrected chi connectivity index (χ0v) is 20.6. The van der Waals surface area contributed by atoms with Gasteiger partial charge in [-0.1, -0.05) is 0 Å².